The van der Waals surface area contributed by atoms with Gasteiger partial charge in [0.1, 0.15) is 5.92 Å². The Morgan fingerprint density at radius 1 is 1.75 bits per heavy atom. The SMILES string of the molecule is CCC(C(=O)NC)/C(=N/O)OC. The van der Waals surface area contributed by atoms with E-state index in [-0.39, 0.29) is 11.8 Å². The van der Waals surface area contributed by atoms with Gasteiger partial charge in [-0.3, -0.25) is 4.79 Å². The van der Waals surface area contributed by atoms with Crippen LogP contribution in [0, 0.1) is 5.92 Å². The van der Waals surface area contributed by atoms with Gasteiger partial charge in [-0.2, -0.15) is 0 Å². The summed E-state index contributed by atoms with van der Waals surface area (Å²) in [4.78, 5) is 11.1. The monoisotopic (exact) mass is 174 g/mol. The zero-order valence-electron chi connectivity index (χ0n) is 7.50. The average Bonchev–Trinajstić information content (AvgIpc) is 2.12. The Balaban J connectivity index is 4.42. The maximum absolute atomic E-state index is 11.1. The number of hydrogen-bond acceptors (Lipinski definition) is 4. The van der Waals surface area contributed by atoms with E-state index in [1.54, 1.807) is 0 Å². The quantitative estimate of drug-likeness (QED) is 0.278. The van der Waals surface area contributed by atoms with E-state index >= 15 is 0 Å². The summed E-state index contributed by atoms with van der Waals surface area (Å²) in [5.74, 6) is -0.686. The lowest BCUT2D eigenvalue weighted by Gasteiger charge is -2.12. The zero-order valence-corrected chi connectivity index (χ0v) is 7.50. The molecule has 0 radical (unpaired) electrons. The van der Waals surface area contributed by atoms with Crippen molar-refractivity contribution in [1.82, 2.24) is 5.32 Å². The molecule has 0 rings (SSSR count). The van der Waals surface area contributed by atoms with Gasteiger partial charge in [-0.1, -0.05) is 12.1 Å². The third-order valence-electron chi connectivity index (χ3n) is 1.58. The molecule has 0 aliphatic rings. The number of rotatable bonds is 3. The molecule has 0 fully saturated rings. The lowest BCUT2D eigenvalue weighted by Crippen LogP contribution is -2.33. The molecule has 2 N–H and O–H groups in total. The Morgan fingerprint density at radius 2 is 2.33 bits per heavy atom. The molecule has 1 amide bonds. The Hall–Kier alpha value is -1.26. The van der Waals surface area contributed by atoms with E-state index in [1.807, 2.05) is 6.92 Å². The number of carbonyl (C=O) groups excluding carboxylic acids is 1. The van der Waals surface area contributed by atoms with E-state index in [0.29, 0.717) is 6.42 Å². The first-order valence-electron chi connectivity index (χ1n) is 3.68. The highest BCUT2D eigenvalue weighted by molar-refractivity contribution is 5.99. The molecule has 5 heteroatoms. The third kappa shape index (κ3) is 2.41. The van der Waals surface area contributed by atoms with Crippen LogP contribution in [0.2, 0.25) is 0 Å². The molecule has 70 valence electrons. The third-order valence-corrected chi connectivity index (χ3v) is 1.58. The zero-order chi connectivity index (χ0) is 9.56. The van der Waals surface area contributed by atoms with Crippen LogP contribution in [0.5, 0.6) is 0 Å². The molecule has 0 bridgehead atoms. The van der Waals surface area contributed by atoms with Crippen molar-refractivity contribution in [3.63, 3.8) is 0 Å². The fraction of sp³-hybridized carbons (Fsp3) is 0.714. The van der Waals surface area contributed by atoms with Crippen LogP contribution in [0.3, 0.4) is 0 Å². The number of carbonyl (C=O) groups is 1. The molecule has 1 atom stereocenters. The molecule has 0 saturated carbocycles. The van der Waals surface area contributed by atoms with E-state index < -0.39 is 5.92 Å². The van der Waals surface area contributed by atoms with Crippen LogP contribution in [0.15, 0.2) is 5.16 Å². The van der Waals surface area contributed by atoms with Crippen molar-refractivity contribution in [1.29, 1.82) is 0 Å². The Labute approximate surface area is 71.4 Å². The van der Waals surface area contributed by atoms with Crippen molar-refractivity contribution in [3.8, 4) is 0 Å². The maximum atomic E-state index is 11.1. The molecule has 0 aliphatic heterocycles. The van der Waals surface area contributed by atoms with Gasteiger partial charge in [0.25, 0.3) is 0 Å². The van der Waals surface area contributed by atoms with Crippen molar-refractivity contribution in [2.45, 2.75) is 13.3 Å². The summed E-state index contributed by atoms with van der Waals surface area (Å²) in [5, 5.41) is 13.8. The summed E-state index contributed by atoms with van der Waals surface area (Å²) < 4.78 is 4.71. The summed E-state index contributed by atoms with van der Waals surface area (Å²) in [6, 6.07) is 0. The lowest BCUT2D eigenvalue weighted by atomic mass is 10.1. The molecule has 0 spiro atoms. The van der Waals surface area contributed by atoms with Crippen molar-refractivity contribution in [3.05, 3.63) is 0 Å². The minimum Gasteiger partial charge on any atom is -0.481 e. The number of oxime groups is 1. The summed E-state index contributed by atoms with van der Waals surface area (Å²) in [6.07, 6.45) is 0.535. The molecular formula is C7H14N2O3. The number of nitrogens with zero attached hydrogens (tertiary/aromatic N) is 1. The van der Waals surface area contributed by atoms with Gasteiger partial charge in [-0.25, -0.2) is 0 Å². The topological polar surface area (TPSA) is 70.9 Å². The fourth-order valence-corrected chi connectivity index (χ4v) is 0.899. The Morgan fingerprint density at radius 3 is 2.58 bits per heavy atom. The van der Waals surface area contributed by atoms with Crippen LogP contribution in [0.1, 0.15) is 13.3 Å². The molecule has 5 nitrogen and oxygen atoms in total. The van der Waals surface area contributed by atoms with Gasteiger partial charge in [0.05, 0.1) is 7.11 Å². The van der Waals surface area contributed by atoms with E-state index in [0.717, 1.165) is 0 Å². The molecule has 0 saturated heterocycles. The van der Waals surface area contributed by atoms with Crippen LogP contribution in [-0.2, 0) is 9.53 Å². The summed E-state index contributed by atoms with van der Waals surface area (Å²) in [7, 11) is 2.89. The average molecular weight is 174 g/mol. The molecule has 0 aromatic heterocycles. The summed E-state index contributed by atoms with van der Waals surface area (Å²) >= 11 is 0. The first-order valence-corrected chi connectivity index (χ1v) is 3.68. The van der Waals surface area contributed by atoms with Crippen molar-refractivity contribution < 1.29 is 14.7 Å². The van der Waals surface area contributed by atoms with E-state index in [1.165, 1.54) is 14.2 Å². The smallest absolute Gasteiger partial charge is 0.237 e. The molecule has 0 heterocycles. The van der Waals surface area contributed by atoms with Crippen LogP contribution >= 0.6 is 0 Å². The van der Waals surface area contributed by atoms with Gasteiger partial charge in [-0.15, -0.1) is 0 Å². The van der Waals surface area contributed by atoms with E-state index in [9.17, 15) is 4.79 Å². The van der Waals surface area contributed by atoms with Crippen molar-refractivity contribution in [2.24, 2.45) is 11.1 Å². The standard InChI is InChI=1S/C7H14N2O3/c1-4-5(6(10)8-2)7(9-11)12-3/h5,11H,4H2,1-3H3,(H,8,10)/b9-7-. The number of hydrogen-bond donors (Lipinski definition) is 2. The van der Waals surface area contributed by atoms with Gasteiger partial charge < -0.3 is 15.3 Å². The van der Waals surface area contributed by atoms with Gasteiger partial charge in [0.15, 0.2) is 0 Å². The van der Waals surface area contributed by atoms with Crippen molar-refractivity contribution in [2.75, 3.05) is 14.2 Å². The van der Waals surface area contributed by atoms with E-state index in [2.05, 4.69) is 10.5 Å². The van der Waals surface area contributed by atoms with Gasteiger partial charge in [0.2, 0.25) is 11.8 Å². The van der Waals surface area contributed by atoms with E-state index in [4.69, 9.17) is 9.94 Å². The van der Waals surface area contributed by atoms with Crippen LogP contribution in [-0.4, -0.2) is 31.2 Å². The highest BCUT2D eigenvalue weighted by atomic mass is 16.5. The number of methoxy groups -OCH3 is 1. The normalized spacial score (nSPS) is 13.8. The van der Waals surface area contributed by atoms with Crippen LogP contribution < -0.4 is 5.32 Å². The number of ether oxygens (including phenoxy) is 1. The minimum absolute atomic E-state index is 0.0388. The molecular weight excluding hydrogens is 160 g/mol. The predicted molar refractivity (Wildman–Crippen MR) is 44.1 cm³/mol. The van der Waals surface area contributed by atoms with Gasteiger partial charge >= 0.3 is 0 Å². The first-order chi connectivity index (χ1) is 5.71. The molecule has 1 unspecified atom stereocenters. The number of amides is 1. The Kier molecular flexibility index (Phi) is 4.83. The summed E-state index contributed by atoms with van der Waals surface area (Å²) in [5.41, 5.74) is 0. The minimum atomic E-state index is -0.509. The highest BCUT2D eigenvalue weighted by Crippen LogP contribution is 2.05. The molecule has 12 heavy (non-hydrogen) atoms. The Bertz CT molecular complexity index is 179. The predicted octanol–water partition coefficient (Wildman–Crippen LogP) is 0.193. The fourth-order valence-electron chi connectivity index (χ4n) is 0.899. The second-order valence-corrected chi connectivity index (χ2v) is 2.22. The molecule has 0 aromatic rings. The maximum Gasteiger partial charge on any atom is 0.237 e. The highest BCUT2D eigenvalue weighted by Gasteiger charge is 2.22. The molecule has 0 aliphatic carbocycles. The summed E-state index contributed by atoms with van der Waals surface area (Å²) in [6.45, 7) is 1.81. The van der Waals surface area contributed by atoms with Crippen LogP contribution in [0.25, 0.3) is 0 Å². The van der Waals surface area contributed by atoms with Crippen molar-refractivity contribution >= 4 is 11.8 Å². The first kappa shape index (κ1) is 10.7. The second kappa shape index (κ2) is 5.40. The van der Waals surface area contributed by atoms with Gasteiger partial charge in [0, 0.05) is 7.05 Å². The second-order valence-electron chi connectivity index (χ2n) is 2.22. The molecule has 0 aromatic carbocycles. The number of nitrogens with one attached hydrogen (secondary N) is 1. The lowest BCUT2D eigenvalue weighted by molar-refractivity contribution is -0.123. The van der Waals surface area contributed by atoms with Gasteiger partial charge in [-0.05, 0) is 6.42 Å². The van der Waals surface area contributed by atoms with Crippen LogP contribution in [0.4, 0.5) is 0 Å². The largest absolute Gasteiger partial charge is 0.481 e.